The molecule has 4 nitrogen and oxygen atoms in total. The molecule has 17 heavy (non-hydrogen) atoms. The van der Waals surface area contributed by atoms with Gasteiger partial charge in [0.1, 0.15) is 5.82 Å². The second kappa shape index (κ2) is 4.67. The fourth-order valence-corrected chi connectivity index (χ4v) is 1.71. The topological polar surface area (TPSA) is 58.0 Å². The summed E-state index contributed by atoms with van der Waals surface area (Å²) in [5.74, 6) is 0.738. The normalized spacial score (nSPS) is 11.7. The Morgan fingerprint density at radius 2 is 1.94 bits per heavy atom. The van der Waals surface area contributed by atoms with Gasteiger partial charge in [0.25, 0.3) is 0 Å². The van der Waals surface area contributed by atoms with Crippen LogP contribution in [0.2, 0.25) is 0 Å². The number of nitrogens with one attached hydrogen (secondary N) is 1. The number of aliphatic hydroxyl groups is 1. The average Bonchev–Trinajstić information content (AvgIpc) is 2.28. The lowest BCUT2D eigenvalue weighted by Crippen LogP contribution is -2.32. The highest BCUT2D eigenvalue weighted by molar-refractivity contribution is 5.75. The van der Waals surface area contributed by atoms with Crippen molar-refractivity contribution in [3.8, 4) is 0 Å². The van der Waals surface area contributed by atoms with Crippen LogP contribution < -0.4 is 5.32 Å². The zero-order chi connectivity index (χ0) is 12.3. The van der Waals surface area contributed by atoms with Gasteiger partial charge in [-0.3, -0.25) is 4.98 Å². The number of fused-ring (bicyclic) bond motifs is 1. The summed E-state index contributed by atoms with van der Waals surface area (Å²) in [5, 5.41) is 12.3. The van der Waals surface area contributed by atoms with Crippen molar-refractivity contribution in [1.82, 2.24) is 9.97 Å². The van der Waals surface area contributed by atoms with Crippen molar-refractivity contribution in [2.24, 2.45) is 0 Å². The summed E-state index contributed by atoms with van der Waals surface area (Å²) >= 11 is 0. The summed E-state index contributed by atoms with van der Waals surface area (Å²) in [6.07, 6.45) is 2.39. The number of aromatic nitrogens is 2. The molecule has 0 fully saturated rings. The van der Waals surface area contributed by atoms with Crippen LogP contribution in [0, 0.1) is 0 Å². The van der Waals surface area contributed by atoms with Gasteiger partial charge < -0.3 is 10.4 Å². The van der Waals surface area contributed by atoms with Crippen molar-refractivity contribution in [1.29, 1.82) is 0 Å². The van der Waals surface area contributed by atoms with Crippen molar-refractivity contribution in [3.05, 3.63) is 30.5 Å². The number of aliphatic hydroxyl groups excluding tert-OH is 1. The molecule has 1 heterocycles. The first-order valence-electron chi connectivity index (χ1n) is 5.71. The van der Waals surface area contributed by atoms with E-state index in [4.69, 9.17) is 5.11 Å². The molecule has 1 aromatic carbocycles. The number of nitrogens with zero attached hydrogens (tertiary/aromatic N) is 2. The minimum absolute atomic E-state index is 0.154. The van der Waals surface area contributed by atoms with E-state index in [1.165, 1.54) is 0 Å². The minimum Gasteiger partial charge on any atom is -0.396 e. The van der Waals surface area contributed by atoms with Crippen LogP contribution in [0.25, 0.3) is 11.0 Å². The molecule has 2 aromatic rings. The molecule has 0 saturated heterocycles. The number of rotatable bonds is 4. The molecule has 0 atom stereocenters. The molecule has 0 aliphatic heterocycles. The maximum absolute atomic E-state index is 8.98. The first kappa shape index (κ1) is 11.8. The Balaban J connectivity index is 2.25. The highest BCUT2D eigenvalue weighted by Crippen LogP contribution is 2.17. The van der Waals surface area contributed by atoms with Crippen molar-refractivity contribution in [2.45, 2.75) is 25.8 Å². The van der Waals surface area contributed by atoms with Crippen LogP contribution >= 0.6 is 0 Å². The smallest absolute Gasteiger partial charge is 0.145 e. The first-order valence-corrected chi connectivity index (χ1v) is 5.71. The third-order valence-electron chi connectivity index (χ3n) is 2.65. The Morgan fingerprint density at radius 1 is 1.24 bits per heavy atom. The van der Waals surface area contributed by atoms with Gasteiger partial charge in [0.2, 0.25) is 0 Å². The predicted molar refractivity (Wildman–Crippen MR) is 68.9 cm³/mol. The number of hydrogen-bond acceptors (Lipinski definition) is 4. The lowest BCUT2D eigenvalue weighted by atomic mass is 10.0. The van der Waals surface area contributed by atoms with Gasteiger partial charge in [-0.2, -0.15) is 0 Å². The molecule has 90 valence electrons. The summed E-state index contributed by atoms with van der Waals surface area (Å²) in [6, 6.07) is 7.76. The monoisotopic (exact) mass is 231 g/mol. The Hall–Kier alpha value is -1.68. The second-order valence-corrected chi connectivity index (χ2v) is 4.73. The molecule has 0 aliphatic rings. The maximum atomic E-state index is 8.98. The lowest BCUT2D eigenvalue weighted by molar-refractivity contribution is 0.260. The van der Waals surface area contributed by atoms with E-state index in [9.17, 15) is 0 Å². The van der Waals surface area contributed by atoms with Crippen molar-refractivity contribution in [2.75, 3.05) is 11.9 Å². The molecule has 0 saturated carbocycles. The Morgan fingerprint density at radius 3 is 2.65 bits per heavy atom. The number of hydrogen-bond donors (Lipinski definition) is 2. The third kappa shape index (κ3) is 2.91. The van der Waals surface area contributed by atoms with Gasteiger partial charge in [0.05, 0.1) is 17.2 Å². The summed E-state index contributed by atoms with van der Waals surface area (Å²) in [4.78, 5) is 8.83. The quantitative estimate of drug-likeness (QED) is 0.847. The Kier molecular flexibility index (Phi) is 3.24. The van der Waals surface area contributed by atoms with E-state index in [1.807, 2.05) is 38.1 Å². The molecule has 0 unspecified atom stereocenters. The molecule has 0 amide bonds. The zero-order valence-corrected chi connectivity index (χ0v) is 10.1. The van der Waals surface area contributed by atoms with E-state index in [0.29, 0.717) is 6.42 Å². The van der Waals surface area contributed by atoms with Gasteiger partial charge in [-0.05, 0) is 32.4 Å². The second-order valence-electron chi connectivity index (χ2n) is 4.73. The van der Waals surface area contributed by atoms with Gasteiger partial charge in [-0.15, -0.1) is 0 Å². The van der Waals surface area contributed by atoms with Crippen LogP contribution in [0.4, 0.5) is 5.82 Å². The van der Waals surface area contributed by atoms with Crippen LogP contribution in [0.3, 0.4) is 0 Å². The number of anilines is 1. The van der Waals surface area contributed by atoms with Gasteiger partial charge in [-0.1, -0.05) is 12.1 Å². The molecule has 0 spiro atoms. The summed E-state index contributed by atoms with van der Waals surface area (Å²) < 4.78 is 0. The van der Waals surface area contributed by atoms with Crippen LogP contribution in [0.5, 0.6) is 0 Å². The van der Waals surface area contributed by atoms with Gasteiger partial charge in [0, 0.05) is 12.1 Å². The van der Waals surface area contributed by atoms with Gasteiger partial charge in [-0.25, -0.2) is 4.98 Å². The lowest BCUT2D eigenvalue weighted by Gasteiger charge is -2.25. The SMILES string of the molecule is CC(C)(CCO)Nc1cnc2ccccc2n1. The van der Waals surface area contributed by atoms with Crippen LogP contribution in [-0.2, 0) is 0 Å². The molecule has 0 radical (unpaired) electrons. The van der Waals surface area contributed by atoms with E-state index in [2.05, 4.69) is 15.3 Å². The molecular weight excluding hydrogens is 214 g/mol. The van der Waals surface area contributed by atoms with E-state index in [1.54, 1.807) is 6.20 Å². The van der Waals surface area contributed by atoms with Crippen molar-refractivity contribution < 1.29 is 5.11 Å². The molecule has 1 aromatic heterocycles. The number of para-hydroxylation sites is 2. The van der Waals surface area contributed by atoms with E-state index < -0.39 is 0 Å². The average molecular weight is 231 g/mol. The zero-order valence-electron chi connectivity index (χ0n) is 10.1. The summed E-state index contributed by atoms with van der Waals surface area (Å²) in [6.45, 7) is 4.21. The molecule has 4 heteroatoms. The van der Waals surface area contributed by atoms with Crippen LogP contribution in [0.15, 0.2) is 30.5 Å². The Bertz CT molecular complexity index is 511. The molecule has 0 bridgehead atoms. The molecular formula is C13H17N3O. The fraction of sp³-hybridized carbons (Fsp3) is 0.385. The fourth-order valence-electron chi connectivity index (χ4n) is 1.71. The van der Waals surface area contributed by atoms with Crippen molar-refractivity contribution >= 4 is 16.9 Å². The third-order valence-corrected chi connectivity index (χ3v) is 2.65. The van der Waals surface area contributed by atoms with Crippen molar-refractivity contribution in [3.63, 3.8) is 0 Å². The van der Waals surface area contributed by atoms with Gasteiger partial charge in [0.15, 0.2) is 0 Å². The molecule has 2 N–H and O–H groups in total. The number of benzene rings is 1. The molecule has 2 rings (SSSR count). The van der Waals surface area contributed by atoms with E-state index >= 15 is 0 Å². The Labute approximate surface area is 101 Å². The molecule has 0 aliphatic carbocycles. The maximum Gasteiger partial charge on any atom is 0.145 e. The highest BCUT2D eigenvalue weighted by Gasteiger charge is 2.17. The van der Waals surface area contributed by atoms with E-state index in [-0.39, 0.29) is 12.1 Å². The van der Waals surface area contributed by atoms with E-state index in [0.717, 1.165) is 16.9 Å². The predicted octanol–water partition coefficient (Wildman–Crippen LogP) is 2.20. The highest BCUT2D eigenvalue weighted by atomic mass is 16.3. The van der Waals surface area contributed by atoms with Crippen LogP contribution in [0.1, 0.15) is 20.3 Å². The summed E-state index contributed by atoms with van der Waals surface area (Å²) in [7, 11) is 0. The largest absolute Gasteiger partial charge is 0.396 e. The first-order chi connectivity index (χ1) is 8.11. The van der Waals surface area contributed by atoms with Crippen LogP contribution in [-0.4, -0.2) is 27.2 Å². The standard InChI is InChI=1S/C13H17N3O/c1-13(2,7-8-17)16-12-9-14-10-5-3-4-6-11(10)15-12/h3-6,9,17H,7-8H2,1-2H3,(H,15,16). The summed E-state index contributed by atoms with van der Waals surface area (Å²) in [5.41, 5.74) is 1.57. The minimum atomic E-state index is -0.189. The van der Waals surface area contributed by atoms with Gasteiger partial charge >= 0.3 is 0 Å².